The molecule has 1 aromatic heterocycles. The number of amides is 2. The second kappa shape index (κ2) is 8.90. The van der Waals surface area contributed by atoms with Gasteiger partial charge in [-0.2, -0.15) is 5.06 Å². The quantitative estimate of drug-likeness (QED) is 0.383. The van der Waals surface area contributed by atoms with Crippen LogP contribution in [0, 0.1) is 11.8 Å². The first kappa shape index (κ1) is 19.2. The topological polar surface area (TPSA) is 97.9 Å². The smallest absolute Gasteiger partial charge is 0.339 e. The van der Waals surface area contributed by atoms with Crippen molar-refractivity contribution in [3.63, 3.8) is 0 Å². The molecule has 1 unspecified atom stereocenters. The molecule has 0 bridgehead atoms. The second-order valence-corrected chi connectivity index (χ2v) is 6.60. The Bertz CT molecular complexity index is 994. The molecule has 3 aromatic rings. The number of nitrogens with zero attached hydrogens (tertiary/aromatic N) is 2. The van der Waals surface area contributed by atoms with Gasteiger partial charge >= 0.3 is 6.03 Å². The number of ether oxygens (including phenoxy) is 2. The molecule has 3 rings (SSSR count). The molecule has 28 heavy (non-hydrogen) atoms. The molecule has 0 aliphatic rings. The molecule has 0 fully saturated rings. The average molecular weight is 395 g/mol. The van der Waals surface area contributed by atoms with Crippen LogP contribution in [0.1, 0.15) is 11.8 Å². The van der Waals surface area contributed by atoms with E-state index >= 15 is 0 Å². The minimum Gasteiger partial charge on any atom is -0.457 e. The Balaban J connectivity index is 1.60. The van der Waals surface area contributed by atoms with Crippen LogP contribution in [-0.2, 0) is 0 Å². The lowest BCUT2D eigenvalue weighted by Crippen LogP contribution is -2.38. The maximum Gasteiger partial charge on any atom is 0.339 e. The van der Waals surface area contributed by atoms with Gasteiger partial charge in [0.1, 0.15) is 28.2 Å². The van der Waals surface area contributed by atoms with Gasteiger partial charge in [0.25, 0.3) is 5.19 Å². The number of hydroxylamine groups is 2. The number of hydrogen-bond acceptors (Lipinski definition) is 6. The molecule has 7 nitrogen and oxygen atoms in total. The molecule has 1 heterocycles. The highest BCUT2D eigenvalue weighted by atomic mass is 32.1. The Hall–Kier alpha value is -3.54. The summed E-state index contributed by atoms with van der Waals surface area (Å²) in [5.74, 6) is 7.59. The van der Waals surface area contributed by atoms with Crippen LogP contribution in [0.5, 0.6) is 22.4 Å². The average Bonchev–Trinajstić information content (AvgIpc) is 3.15. The molecule has 0 radical (unpaired) electrons. The monoisotopic (exact) mass is 395 g/mol. The molecule has 142 valence electrons. The normalized spacial score (nSPS) is 11.1. The first-order valence-corrected chi connectivity index (χ1v) is 9.08. The number of aromatic nitrogens is 1. The fourth-order valence-corrected chi connectivity index (χ4v) is 2.74. The van der Waals surface area contributed by atoms with Crippen molar-refractivity contribution in [1.29, 1.82) is 0 Å². The first-order chi connectivity index (χ1) is 13.5. The number of primary amides is 1. The van der Waals surface area contributed by atoms with E-state index in [1.165, 1.54) is 11.3 Å². The van der Waals surface area contributed by atoms with E-state index in [1.54, 1.807) is 37.4 Å². The van der Waals surface area contributed by atoms with Crippen molar-refractivity contribution >= 4 is 17.4 Å². The molecule has 0 aliphatic carbocycles. The van der Waals surface area contributed by atoms with Crippen LogP contribution in [0.15, 0.2) is 60.8 Å². The summed E-state index contributed by atoms with van der Waals surface area (Å²) in [6.07, 6.45) is 1.55. The van der Waals surface area contributed by atoms with Gasteiger partial charge in [-0.05, 0) is 43.3 Å². The van der Waals surface area contributed by atoms with Crippen molar-refractivity contribution in [3.8, 4) is 34.3 Å². The Morgan fingerprint density at radius 1 is 1.11 bits per heavy atom. The highest BCUT2D eigenvalue weighted by Gasteiger charge is 2.12. The number of rotatable bonds is 5. The second-order valence-electron chi connectivity index (χ2n) is 5.61. The molecule has 0 aliphatic heterocycles. The highest BCUT2D eigenvalue weighted by Crippen LogP contribution is 2.29. The first-order valence-electron chi connectivity index (χ1n) is 8.27. The van der Waals surface area contributed by atoms with Gasteiger partial charge in [0.2, 0.25) is 0 Å². The van der Waals surface area contributed by atoms with Crippen molar-refractivity contribution in [1.82, 2.24) is 10.0 Å². The van der Waals surface area contributed by atoms with Crippen LogP contribution in [-0.4, -0.2) is 27.3 Å². The van der Waals surface area contributed by atoms with Gasteiger partial charge in [0.05, 0.1) is 6.20 Å². The van der Waals surface area contributed by atoms with Gasteiger partial charge < -0.3 is 15.2 Å². The molecule has 8 heteroatoms. The summed E-state index contributed by atoms with van der Waals surface area (Å²) in [5, 5.41) is 10.2. The van der Waals surface area contributed by atoms with E-state index < -0.39 is 12.1 Å². The molecule has 0 saturated heterocycles. The Morgan fingerprint density at radius 3 is 2.36 bits per heavy atom. The Labute approximate surface area is 165 Å². The van der Waals surface area contributed by atoms with Crippen LogP contribution in [0.2, 0.25) is 0 Å². The van der Waals surface area contributed by atoms with Crippen LogP contribution in [0.4, 0.5) is 4.79 Å². The number of carbonyl (C=O) groups excluding carboxylic acids is 1. The van der Waals surface area contributed by atoms with Gasteiger partial charge in [-0.1, -0.05) is 41.4 Å². The predicted octanol–water partition coefficient (Wildman–Crippen LogP) is 4.24. The molecule has 0 saturated carbocycles. The minimum atomic E-state index is -0.963. The number of thiazole rings is 1. The zero-order valence-electron chi connectivity index (χ0n) is 14.9. The summed E-state index contributed by atoms with van der Waals surface area (Å²) < 4.78 is 11.4. The lowest BCUT2D eigenvalue weighted by atomic mass is 10.3. The maximum absolute atomic E-state index is 10.9. The number of carbonyl (C=O) groups is 1. The highest BCUT2D eigenvalue weighted by molar-refractivity contribution is 7.13. The lowest BCUT2D eigenvalue weighted by Gasteiger charge is -2.14. The molecular formula is C20H17N3O4S. The molecular weight excluding hydrogens is 378 g/mol. The Morgan fingerprint density at radius 2 is 1.71 bits per heavy atom. The van der Waals surface area contributed by atoms with E-state index in [-0.39, 0.29) is 0 Å². The number of nitrogens with two attached hydrogens (primary N) is 1. The van der Waals surface area contributed by atoms with Crippen molar-refractivity contribution in [2.24, 2.45) is 5.73 Å². The summed E-state index contributed by atoms with van der Waals surface area (Å²) in [6, 6.07) is 15.0. The third kappa shape index (κ3) is 5.23. The van der Waals surface area contributed by atoms with Gasteiger partial charge in [-0.3, -0.25) is 5.21 Å². The van der Waals surface area contributed by atoms with Gasteiger partial charge in [-0.15, -0.1) is 0 Å². The third-order valence-corrected chi connectivity index (χ3v) is 4.28. The van der Waals surface area contributed by atoms with E-state index in [4.69, 9.17) is 15.2 Å². The summed E-state index contributed by atoms with van der Waals surface area (Å²) >= 11 is 1.24. The van der Waals surface area contributed by atoms with Gasteiger partial charge in [0.15, 0.2) is 0 Å². The van der Waals surface area contributed by atoms with Crippen LogP contribution >= 0.6 is 11.3 Å². The van der Waals surface area contributed by atoms with Crippen molar-refractivity contribution in [3.05, 3.63) is 65.7 Å². The summed E-state index contributed by atoms with van der Waals surface area (Å²) in [5.41, 5.74) is 4.98. The van der Waals surface area contributed by atoms with Crippen LogP contribution < -0.4 is 15.2 Å². The molecule has 2 aromatic carbocycles. The molecule has 3 N–H and O–H groups in total. The standard InChI is InChI=1S/C20H17N3O4S/c1-14(23(25)19(21)24)7-12-18-13-22-20(28-18)27-17-10-8-16(9-11-17)26-15-5-3-2-4-6-15/h2-6,8-11,13-14,25H,1H3,(H2,21,24). The van der Waals surface area contributed by atoms with E-state index in [0.29, 0.717) is 26.6 Å². The summed E-state index contributed by atoms with van der Waals surface area (Å²) in [7, 11) is 0. The predicted molar refractivity (Wildman–Crippen MR) is 105 cm³/mol. The molecule has 1 atom stereocenters. The van der Waals surface area contributed by atoms with Crippen molar-refractivity contribution in [2.45, 2.75) is 13.0 Å². The lowest BCUT2D eigenvalue weighted by molar-refractivity contribution is -0.0536. The summed E-state index contributed by atoms with van der Waals surface area (Å²) in [4.78, 5) is 15.7. The summed E-state index contributed by atoms with van der Waals surface area (Å²) in [6.45, 7) is 1.55. The van der Waals surface area contributed by atoms with Gasteiger partial charge in [-0.25, -0.2) is 9.78 Å². The van der Waals surface area contributed by atoms with E-state index in [2.05, 4.69) is 16.8 Å². The van der Waals surface area contributed by atoms with Crippen LogP contribution in [0.25, 0.3) is 0 Å². The van der Waals surface area contributed by atoms with E-state index in [1.807, 2.05) is 30.3 Å². The van der Waals surface area contributed by atoms with Crippen molar-refractivity contribution in [2.75, 3.05) is 0 Å². The van der Waals surface area contributed by atoms with Crippen molar-refractivity contribution < 1.29 is 19.5 Å². The fourth-order valence-electron chi connectivity index (χ4n) is 2.09. The van der Waals surface area contributed by atoms with E-state index in [0.717, 1.165) is 5.75 Å². The SMILES string of the molecule is CC(C#Cc1cnc(Oc2ccc(Oc3ccccc3)cc2)s1)N(O)C(N)=O. The number of urea groups is 1. The van der Waals surface area contributed by atoms with Gasteiger partial charge in [0, 0.05) is 0 Å². The fraction of sp³-hybridized carbons (Fsp3) is 0.100. The minimum absolute atomic E-state index is 0.366. The third-order valence-electron chi connectivity index (χ3n) is 3.49. The number of para-hydroxylation sites is 1. The maximum atomic E-state index is 10.9. The Kier molecular flexibility index (Phi) is 6.11. The molecule has 0 spiro atoms. The molecule has 2 amide bonds. The number of benzene rings is 2. The van der Waals surface area contributed by atoms with Crippen LogP contribution in [0.3, 0.4) is 0 Å². The van der Waals surface area contributed by atoms with E-state index in [9.17, 15) is 10.0 Å². The largest absolute Gasteiger partial charge is 0.457 e. The zero-order chi connectivity index (χ0) is 19.9. The zero-order valence-corrected chi connectivity index (χ0v) is 15.7. The number of hydrogen-bond donors (Lipinski definition) is 2.